The topological polar surface area (TPSA) is 98.8 Å². The lowest BCUT2D eigenvalue weighted by atomic mass is 10.3. The van der Waals surface area contributed by atoms with Crippen LogP contribution in [0.2, 0.25) is 0 Å². The van der Waals surface area contributed by atoms with Crippen LogP contribution >= 0.6 is 0 Å². The van der Waals surface area contributed by atoms with Gasteiger partial charge in [-0.2, -0.15) is 0 Å². The van der Waals surface area contributed by atoms with Crippen LogP contribution in [-0.4, -0.2) is 15.5 Å². The summed E-state index contributed by atoms with van der Waals surface area (Å²) in [4.78, 5) is -0.0862. The predicted molar refractivity (Wildman–Crippen MR) is 55.0 cm³/mol. The third kappa shape index (κ3) is 3.59. The average molecular weight is 249 g/mol. The summed E-state index contributed by atoms with van der Waals surface area (Å²) in [5.41, 5.74) is 0.224. The Labute approximate surface area is 89.5 Å². The van der Waals surface area contributed by atoms with E-state index in [2.05, 4.69) is 8.55 Å². The summed E-state index contributed by atoms with van der Waals surface area (Å²) < 4.78 is 40.8. The molecule has 0 atom stereocenters. The Balaban J connectivity index is 3.21. The molecule has 0 unspecified atom stereocenters. The van der Waals surface area contributed by atoms with Crippen molar-refractivity contribution in [3.63, 3.8) is 0 Å². The van der Waals surface area contributed by atoms with Crippen molar-refractivity contribution in [2.24, 2.45) is 9.50 Å². The summed E-state index contributed by atoms with van der Waals surface area (Å²) in [6.07, 6.45) is 0. The second-order valence-electron chi connectivity index (χ2n) is 2.52. The molecule has 15 heavy (non-hydrogen) atoms. The first-order valence-electron chi connectivity index (χ1n) is 3.74. The molecule has 0 saturated carbocycles. The van der Waals surface area contributed by atoms with Crippen molar-refractivity contribution in [1.29, 1.82) is 0 Å². The third-order valence-electron chi connectivity index (χ3n) is 1.47. The van der Waals surface area contributed by atoms with Crippen LogP contribution in [-0.2, 0) is 29.3 Å². The van der Waals surface area contributed by atoms with E-state index in [1.807, 2.05) is 0 Å². The molecule has 0 aliphatic heterocycles. The van der Waals surface area contributed by atoms with Crippen molar-refractivity contribution >= 4 is 26.6 Å². The minimum absolute atomic E-state index is 0.0862. The van der Waals surface area contributed by atoms with E-state index in [1.54, 1.807) is 0 Å². The first kappa shape index (κ1) is 12.1. The molecule has 1 aromatic rings. The van der Waals surface area contributed by atoms with Gasteiger partial charge in [-0.25, -0.2) is 13.6 Å². The monoisotopic (exact) mass is 249 g/mol. The first-order chi connectivity index (χ1) is 6.93. The Kier molecular flexibility index (Phi) is 3.80. The zero-order valence-corrected chi connectivity index (χ0v) is 9.42. The highest BCUT2D eigenvalue weighted by molar-refractivity contribution is 7.89. The second kappa shape index (κ2) is 4.71. The van der Waals surface area contributed by atoms with E-state index in [4.69, 9.17) is 5.14 Å². The first-order valence-corrected chi connectivity index (χ1v) is 6.32. The number of sulfonamides is 1. The molecule has 2 N–H and O–H groups in total. The summed E-state index contributed by atoms with van der Waals surface area (Å²) in [5, 5.41) is 4.91. The Morgan fingerprint density at radius 3 is 2.67 bits per heavy atom. The van der Waals surface area contributed by atoms with Gasteiger partial charge in [-0.1, -0.05) is 16.9 Å². The molecule has 0 heterocycles. The molecule has 0 aromatic heterocycles. The zero-order chi connectivity index (χ0) is 11.5. The molecule has 0 spiro atoms. The molecule has 0 amide bonds. The van der Waals surface area contributed by atoms with E-state index in [-0.39, 0.29) is 10.6 Å². The van der Waals surface area contributed by atoms with Crippen LogP contribution in [0.5, 0.6) is 0 Å². The SMILES string of the molecule is CO[S-](=O)=Nc1cccc(S(N)(=O)=O)c1. The van der Waals surface area contributed by atoms with Gasteiger partial charge in [-0.3, -0.25) is 0 Å². The molecular weight excluding hydrogens is 240 g/mol. The molecule has 0 saturated heterocycles. The van der Waals surface area contributed by atoms with Gasteiger partial charge >= 0.3 is 0 Å². The summed E-state index contributed by atoms with van der Waals surface area (Å²) in [5.74, 6) is 0. The van der Waals surface area contributed by atoms with E-state index >= 15 is 0 Å². The normalized spacial score (nSPS) is 14.0. The summed E-state index contributed by atoms with van der Waals surface area (Å²) in [7, 11) is -4.37. The average Bonchev–Trinajstić information content (AvgIpc) is 2.17. The minimum Gasteiger partial charge on any atom is -0.441 e. The standard InChI is InChI=1S/C7H9N2O4S2/c1-13-14(10)9-6-3-2-4-7(5-6)15(8,11)12/h2-5H,1H3,(H2,8,11,12)/q-1. The highest BCUT2D eigenvalue weighted by Gasteiger charge is 2.06. The fourth-order valence-electron chi connectivity index (χ4n) is 0.841. The van der Waals surface area contributed by atoms with Crippen LogP contribution in [0.15, 0.2) is 33.5 Å². The summed E-state index contributed by atoms with van der Waals surface area (Å²) in [6, 6.07) is 5.48. The van der Waals surface area contributed by atoms with E-state index in [9.17, 15) is 12.6 Å². The predicted octanol–water partition coefficient (Wildman–Crippen LogP) is 0.674. The Hall–Kier alpha value is -0.960. The maximum atomic E-state index is 11.0. The molecule has 0 aliphatic rings. The van der Waals surface area contributed by atoms with E-state index in [0.29, 0.717) is 0 Å². The Bertz CT molecular complexity index is 532. The summed E-state index contributed by atoms with van der Waals surface area (Å²) >= 11 is 0. The molecule has 6 nitrogen and oxygen atoms in total. The van der Waals surface area contributed by atoms with Crippen molar-refractivity contribution in [2.75, 3.05) is 7.11 Å². The van der Waals surface area contributed by atoms with Gasteiger partial charge in [0.25, 0.3) is 0 Å². The van der Waals surface area contributed by atoms with Crippen molar-refractivity contribution in [3.05, 3.63) is 24.3 Å². The van der Waals surface area contributed by atoms with E-state index in [0.717, 1.165) is 0 Å². The fourth-order valence-corrected chi connectivity index (χ4v) is 1.75. The number of nitrogens with two attached hydrogens (primary N) is 1. The fraction of sp³-hybridized carbons (Fsp3) is 0.143. The van der Waals surface area contributed by atoms with Crippen LogP contribution < -0.4 is 5.14 Å². The molecular formula is C7H9N2O4S2-. The smallest absolute Gasteiger partial charge is 0.238 e. The highest BCUT2D eigenvalue weighted by Crippen LogP contribution is 2.17. The van der Waals surface area contributed by atoms with Gasteiger partial charge < -0.3 is 12.8 Å². The molecule has 1 rings (SSSR count). The second-order valence-corrected chi connectivity index (χ2v) is 5.03. The van der Waals surface area contributed by atoms with Crippen LogP contribution in [0, 0.1) is 0 Å². The van der Waals surface area contributed by atoms with Gasteiger partial charge in [0.05, 0.1) is 4.90 Å². The Morgan fingerprint density at radius 2 is 2.13 bits per heavy atom. The third-order valence-corrected chi connectivity index (χ3v) is 3.02. The lowest BCUT2D eigenvalue weighted by molar-refractivity contribution is 0.438. The number of hydrogen-bond donors (Lipinski definition) is 1. The van der Waals surface area contributed by atoms with Gasteiger partial charge in [0.15, 0.2) is 0 Å². The minimum atomic E-state index is -3.77. The van der Waals surface area contributed by atoms with Gasteiger partial charge in [-0.15, -0.1) is 0 Å². The molecule has 0 bridgehead atoms. The summed E-state index contributed by atoms with van der Waals surface area (Å²) in [6.45, 7) is 0. The van der Waals surface area contributed by atoms with Gasteiger partial charge in [-0.05, 0) is 18.2 Å². The lowest BCUT2D eigenvalue weighted by Crippen LogP contribution is -2.11. The van der Waals surface area contributed by atoms with Crippen molar-refractivity contribution in [2.45, 2.75) is 4.90 Å². The van der Waals surface area contributed by atoms with Crippen molar-refractivity contribution in [3.8, 4) is 0 Å². The highest BCUT2D eigenvalue weighted by atomic mass is 32.2. The molecule has 0 radical (unpaired) electrons. The molecule has 84 valence electrons. The lowest BCUT2D eigenvalue weighted by Gasteiger charge is -2.03. The molecule has 1 aromatic carbocycles. The maximum absolute atomic E-state index is 11.0. The van der Waals surface area contributed by atoms with E-state index < -0.39 is 20.9 Å². The largest absolute Gasteiger partial charge is 0.441 e. The molecule has 0 aliphatic carbocycles. The number of primary sulfonamides is 1. The maximum Gasteiger partial charge on any atom is 0.238 e. The van der Waals surface area contributed by atoms with Gasteiger partial charge in [0.2, 0.25) is 10.0 Å². The van der Waals surface area contributed by atoms with Gasteiger partial charge in [0, 0.05) is 12.8 Å². The van der Waals surface area contributed by atoms with Crippen molar-refractivity contribution in [1.82, 2.24) is 0 Å². The van der Waals surface area contributed by atoms with Crippen LogP contribution in [0.25, 0.3) is 0 Å². The van der Waals surface area contributed by atoms with Crippen LogP contribution in [0.4, 0.5) is 5.69 Å². The van der Waals surface area contributed by atoms with Crippen LogP contribution in [0.1, 0.15) is 0 Å². The number of rotatable bonds is 3. The number of benzene rings is 1. The van der Waals surface area contributed by atoms with Crippen LogP contribution in [0.3, 0.4) is 0 Å². The Morgan fingerprint density at radius 1 is 1.47 bits per heavy atom. The number of hydrogen-bond acceptors (Lipinski definition) is 6. The van der Waals surface area contributed by atoms with Crippen molar-refractivity contribution < 1.29 is 16.8 Å². The zero-order valence-electron chi connectivity index (χ0n) is 7.78. The quantitative estimate of drug-likeness (QED) is 0.796. The van der Waals surface area contributed by atoms with E-state index in [1.165, 1.54) is 31.4 Å². The molecule has 0 fully saturated rings. The van der Waals surface area contributed by atoms with Gasteiger partial charge in [0.1, 0.15) is 0 Å². The number of nitrogens with zero attached hydrogens (tertiary/aromatic N) is 1. The molecule has 8 heteroatoms.